The summed E-state index contributed by atoms with van der Waals surface area (Å²) >= 11 is 0. The Morgan fingerprint density at radius 1 is 1.43 bits per heavy atom. The van der Waals surface area contributed by atoms with E-state index in [0.717, 1.165) is 12.8 Å². The van der Waals surface area contributed by atoms with Gasteiger partial charge in [0.05, 0.1) is 5.69 Å². The lowest BCUT2D eigenvalue weighted by Gasteiger charge is -2.26. The molecule has 0 atom stereocenters. The summed E-state index contributed by atoms with van der Waals surface area (Å²) in [5.74, 6) is -0.331. The van der Waals surface area contributed by atoms with Crippen LogP contribution in [0.3, 0.4) is 0 Å². The molecule has 1 fully saturated rings. The molecule has 0 aromatic carbocycles. The Labute approximate surface area is 129 Å². The first-order chi connectivity index (χ1) is 9.50. The molecule has 0 unspecified atom stereocenters. The third-order valence-electron chi connectivity index (χ3n) is 3.24. The number of nitrogens with zero attached hydrogens (tertiary/aromatic N) is 2. The SMILES string of the molecule is CN(CC(C)(C)C)C(=O)c1n[nH]c(C2CC2)c1S(=O)(=O)Cl. The van der Waals surface area contributed by atoms with E-state index in [0.29, 0.717) is 12.2 Å². The second kappa shape index (κ2) is 5.28. The van der Waals surface area contributed by atoms with E-state index >= 15 is 0 Å². The quantitative estimate of drug-likeness (QED) is 0.857. The molecule has 0 radical (unpaired) electrons. The van der Waals surface area contributed by atoms with Crippen molar-refractivity contribution in [3.05, 3.63) is 11.4 Å². The molecule has 1 heterocycles. The molecule has 1 aromatic rings. The molecule has 6 nitrogen and oxygen atoms in total. The molecule has 1 aliphatic carbocycles. The van der Waals surface area contributed by atoms with Gasteiger partial charge in [0, 0.05) is 30.2 Å². The first-order valence-corrected chi connectivity index (χ1v) is 9.10. The standard InChI is InChI=1S/C13H20ClN3O3S/c1-13(2,3)7-17(4)12(18)10-11(21(14,19)20)9(15-16-10)8-5-6-8/h8H,5-7H2,1-4H3,(H,15,16). The number of nitrogens with one attached hydrogen (secondary N) is 1. The van der Waals surface area contributed by atoms with Gasteiger partial charge in [0.15, 0.2) is 5.69 Å². The van der Waals surface area contributed by atoms with E-state index in [9.17, 15) is 13.2 Å². The van der Waals surface area contributed by atoms with Gasteiger partial charge in [0.25, 0.3) is 15.0 Å². The van der Waals surface area contributed by atoms with Crippen molar-refractivity contribution < 1.29 is 13.2 Å². The normalized spacial score (nSPS) is 16.0. The van der Waals surface area contributed by atoms with Crippen LogP contribution >= 0.6 is 10.7 Å². The number of aromatic nitrogens is 2. The highest BCUT2D eigenvalue weighted by atomic mass is 35.7. The molecule has 0 aliphatic heterocycles. The van der Waals surface area contributed by atoms with Crippen molar-refractivity contribution in [2.75, 3.05) is 13.6 Å². The molecule has 0 bridgehead atoms. The Morgan fingerprint density at radius 2 is 2.00 bits per heavy atom. The van der Waals surface area contributed by atoms with Gasteiger partial charge in [-0.3, -0.25) is 9.89 Å². The van der Waals surface area contributed by atoms with Crippen molar-refractivity contribution >= 4 is 25.6 Å². The second-order valence-electron chi connectivity index (χ2n) is 6.75. The van der Waals surface area contributed by atoms with Gasteiger partial charge in [-0.15, -0.1) is 0 Å². The summed E-state index contributed by atoms with van der Waals surface area (Å²) in [4.78, 5) is 13.8. The van der Waals surface area contributed by atoms with Crippen LogP contribution in [0.4, 0.5) is 0 Å². The Morgan fingerprint density at radius 3 is 2.43 bits per heavy atom. The first kappa shape index (κ1) is 16.3. The molecule has 1 N–H and O–H groups in total. The van der Waals surface area contributed by atoms with E-state index in [2.05, 4.69) is 10.2 Å². The highest BCUT2D eigenvalue weighted by molar-refractivity contribution is 8.13. The number of carbonyl (C=O) groups excluding carboxylic acids is 1. The number of H-pyrrole nitrogens is 1. The summed E-state index contributed by atoms with van der Waals surface area (Å²) in [7, 11) is 3.12. The Balaban J connectivity index is 2.38. The summed E-state index contributed by atoms with van der Waals surface area (Å²) in [6.45, 7) is 6.47. The smallest absolute Gasteiger partial charge is 0.275 e. The van der Waals surface area contributed by atoms with Gasteiger partial charge in [-0.1, -0.05) is 20.8 Å². The zero-order chi connectivity index (χ0) is 16.0. The summed E-state index contributed by atoms with van der Waals surface area (Å²) in [5.41, 5.74) is 0.246. The third-order valence-corrected chi connectivity index (χ3v) is 4.60. The molecule has 8 heteroatoms. The lowest BCUT2D eigenvalue weighted by Crippen LogP contribution is -2.35. The summed E-state index contributed by atoms with van der Waals surface area (Å²) < 4.78 is 23.6. The fourth-order valence-corrected chi connectivity index (χ4v) is 3.66. The molecule has 1 amide bonds. The topological polar surface area (TPSA) is 83.1 Å². The van der Waals surface area contributed by atoms with Gasteiger partial charge >= 0.3 is 0 Å². The van der Waals surface area contributed by atoms with Crippen molar-refractivity contribution in [2.24, 2.45) is 5.41 Å². The molecule has 0 saturated heterocycles. The van der Waals surface area contributed by atoms with Gasteiger partial charge in [-0.2, -0.15) is 5.10 Å². The molecular formula is C13H20ClN3O3S. The average Bonchev–Trinajstić information content (AvgIpc) is 3.03. The molecule has 0 spiro atoms. The number of hydrogen-bond acceptors (Lipinski definition) is 4. The zero-order valence-electron chi connectivity index (χ0n) is 12.6. The first-order valence-electron chi connectivity index (χ1n) is 6.79. The van der Waals surface area contributed by atoms with Crippen LogP contribution in [-0.2, 0) is 9.05 Å². The molecular weight excluding hydrogens is 314 g/mol. The lowest BCUT2D eigenvalue weighted by atomic mass is 9.96. The van der Waals surface area contributed by atoms with Crippen LogP contribution in [0.25, 0.3) is 0 Å². The molecule has 118 valence electrons. The van der Waals surface area contributed by atoms with Gasteiger partial charge in [-0.25, -0.2) is 8.42 Å². The fourth-order valence-electron chi connectivity index (χ4n) is 2.35. The minimum absolute atomic E-state index is 0.0972. The lowest BCUT2D eigenvalue weighted by molar-refractivity contribution is 0.0736. The van der Waals surface area contributed by atoms with Crippen LogP contribution in [0.15, 0.2) is 4.90 Å². The predicted molar refractivity (Wildman–Crippen MR) is 80.0 cm³/mol. The Bertz CT molecular complexity index is 657. The number of amides is 1. The molecule has 1 aliphatic rings. The van der Waals surface area contributed by atoms with E-state index < -0.39 is 15.0 Å². The number of carbonyl (C=O) groups is 1. The number of aromatic amines is 1. The van der Waals surface area contributed by atoms with Crippen LogP contribution in [0, 0.1) is 5.41 Å². The third kappa shape index (κ3) is 3.77. The van der Waals surface area contributed by atoms with Crippen molar-refractivity contribution in [2.45, 2.75) is 44.4 Å². The van der Waals surface area contributed by atoms with Crippen LogP contribution in [0.5, 0.6) is 0 Å². The maximum atomic E-state index is 12.5. The summed E-state index contributed by atoms with van der Waals surface area (Å²) in [6.07, 6.45) is 1.76. The van der Waals surface area contributed by atoms with E-state index in [4.69, 9.17) is 10.7 Å². The average molecular weight is 334 g/mol. The number of hydrogen-bond donors (Lipinski definition) is 1. The Hall–Kier alpha value is -1.08. The van der Waals surface area contributed by atoms with Crippen molar-refractivity contribution in [3.8, 4) is 0 Å². The summed E-state index contributed by atoms with van der Waals surface area (Å²) in [6, 6.07) is 0. The monoisotopic (exact) mass is 333 g/mol. The minimum Gasteiger partial charge on any atom is -0.340 e. The van der Waals surface area contributed by atoms with Crippen LogP contribution in [0.2, 0.25) is 0 Å². The summed E-state index contributed by atoms with van der Waals surface area (Å²) in [5, 5.41) is 6.60. The van der Waals surface area contributed by atoms with E-state index in [1.807, 2.05) is 20.8 Å². The molecule has 1 aromatic heterocycles. The van der Waals surface area contributed by atoms with Crippen molar-refractivity contribution in [1.29, 1.82) is 0 Å². The second-order valence-corrected chi connectivity index (χ2v) is 9.25. The maximum absolute atomic E-state index is 12.5. The van der Waals surface area contributed by atoms with Crippen LogP contribution < -0.4 is 0 Å². The predicted octanol–water partition coefficient (Wildman–Crippen LogP) is 2.33. The fraction of sp³-hybridized carbons (Fsp3) is 0.692. The van der Waals surface area contributed by atoms with Gasteiger partial charge in [-0.05, 0) is 18.3 Å². The Kier molecular flexibility index (Phi) is 4.10. The van der Waals surface area contributed by atoms with Crippen LogP contribution in [0.1, 0.15) is 55.7 Å². The number of rotatable bonds is 4. The molecule has 21 heavy (non-hydrogen) atoms. The van der Waals surface area contributed by atoms with E-state index in [1.54, 1.807) is 7.05 Å². The highest BCUT2D eigenvalue weighted by Crippen LogP contribution is 2.43. The van der Waals surface area contributed by atoms with Crippen molar-refractivity contribution in [1.82, 2.24) is 15.1 Å². The minimum atomic E-state index is -4.02. The maximum Gasteiger partial charge on any atom is 0.275 e. The number of halogens is 1. The highest BCUT2D eigenvalue weighted by Gasteiger charge is 2.37. The van der Waals surface area contributed by atoms with Crippen LogP contribution in [-0.4, -0.2) is 43.0 Å². The van der Waals surface area contributed by atoms with Gasteiger partial charge in [0.2, 0.25) is 0 Å². The zero-order valence-corrected chi connectivity index (χ0v) is 14.2. The molecule has 2 rings (SSSR count). The van der Waals surface area contributed by atoms with Gasteiger partial charge in [0.1, 0.15) is 4.90 Å². The van der Waals surface area contributed by atoms with Gasteiger partial charge < -0.3 is 4.90 Å². The van der Waals surface area contributed by atoms with Crippen molar-refractivity contribution in [3.63, 3.8) is 0 Å². The largest absolute Gasteiger partial charge is 0.340 e. The van der Waals surface area contributed by atoms with E-state index in [-0.39, 0.29) is 21.9 Å². The van der Waals surface area contributed by atoms with E-state index in [1.165, 1.54) is 4.90 Å². The molecule has 1 saturated carbocycles.